The summed E-state index contributed by atoms with van der Waals surface area (Å²) in [5.41, 5.74) is 2.37. The molecular weight excluding hydrogens is 218 g/mol. The predicted octanol–water partition coefficient (Wildman–Crippen LogP) is 1.41. The molecular formula is C12H13N3O2. The van der Waals surface area contributed by atoms with E-state index in [0.29, 0.717) is 5.69 Å². The van der Waals surface area contributed by atoms with Crippen LogP contribution in [0.15, 0.2) is 18.2 Å². The van der Waals surface area contributed by atoms with E-state index in [1.54, 1.807) is 12.1 Å². The van der Waals surface area contributed by atoms with Gasteiger partial charge in [-0.15, -0.1) is 0 Å². The summed E-state index contributed by atoms with van der Waals surface area (Å²) >= 11 is 0. The number of hydrogen-bond donors (Lipinski definition) is 1. The van der Waals surface area contributed by atoms with Crippen molar-refractivity contribution < 1.29 is 9.59 Å². The fourth-order valence-electron chi connectivity index (χ4n) is 1.62. The Morgan fingerprint density at radius 3 is 2.71 bits per heavy atom. The molecule has 1 aromatic carbocycles. The third-order valence-corrected chi connectivity index (χ3v) is 2.68. The first-order valence-electron chi connectivity index (χ1n) is 5.24. The van der Waals surface area contributed by atoms with Crippen molar-refractivity contribution in [2.75, 3.05) is 5.32 Å². The number of imidazole rings is 1. The number of fused-ring (bicyclic) bond motifs is 1. The monoisotopic (exact) mass is 231 g/mol. The zero-order valence-corrected chi connectivity index (χ0v) is 9.94. The maximum absolute atomic E-state index is 11.2. The van der Waals surface area contributed by atoms with E-state index < -0.39 is 11.7 Å². The molecule has 5 nitrogen and oxygen atoms in total. The van der Waals surface area contributed by atoms with Crippen molar-refractivity contribution >= 4 is 28.4 Å². The fraction of sp³-hybridized carbons (Fsp3) is 0.250. The van der Waals surface area contributed by atoms with Gasteiger partial charge in [-0.3, -0.25) is 9.59 Å². The van der Waals surface area contributed by atoms with E-state index in [4.69, 9.17) is 0 Å². The number of hydrogen-bond acceptors (Lipinski definition) is 3. The summed E-state index contributed by atoms with van der Waals surface area (Å²) < 4.78 is 1.96. The Kier molecular flexibility index (Phi) is 2.67. The molecule has 0 unspecified atom stereocenters. The molecule has 0 fully saturated rings. The Hall–Kier alpha value is -2.17. The number of Topliss-reactive ketones (excluding diaryl/α,β-unsaturated/α-hetero) is 1. The van der Waals surface area contributed by atoms with Crippen LogP contribution in [-0.4, -0.2) is 21.2 Å². The molecule has 17 heavy (non-hydrogen) atoms. The van der Waals surface area contributed by atoms with Crippen LogP contribution in [0.1, 0.15) is 12.7 Å². The van der Waals surface area contributed by atoms with Crippen LogP contribution >= 0.6 is 0 Å². The Balaban J connectivity index is 2.38. The van der Waals surface area contributed by atoms with Crippen LogP contribution in [0.5, 0.6) is 0 Å². The summed E-state index contributed by atoms with van der Waals surface area (Å²) in [5.74, 6) is -0.227. The van der Waals surface area contributed by atoms with Crippen molar-refractivity contribution in [1.29, 1.82) is 0 Å². The van der Waals surface area contributed by atoms with Gasteiger partial charge in [0.15, 0.2) is 0 Å². The van der Waals surface area contributed by atoms with Crippen LogP contribution in [0.3, 0.4) is 0 Å². The molecule has 0 bridgehead atoms. The number of ketones is 1. The van der Waals surface area contributed by atoms with Gasteiger partial charge in [-0.1, -0.05) is 0 Å². The van der Waals surface area contributed by atoms with Crippen LogP contribution < -0.4 is 5.32 Å². The van der Waals surface area contributed by atoms with Crippen LogP contribution in [0.25, 0.3) is 11.0 Å². The molecule has 0 radical (unpaired) electrons. The maximum atomic E-state index is 11.2. The summed E-state index contributed by atoms with van der Waals surface area (Å²) in [7, 11) is 1.93. The van der Waals surface area contributed by atoms with Crippen molar-refractivity contribution in [3.8, 4) is 0 Å². The minimum Gasteiger partial charge on any atom is -0.331 e. The van der Waals surface area contributed by atoms with Gasteiger partial charge in [0.2, 0.25) is 5.78 Å². The molecule has 0 saturated carbocycles. The Morgan fingerprint density at radius 2 is 2.06 bits per heavy atom. The lowest BCUT2D eigenvalue weighted by atomic mass is 10.2. The summed E-state index contributed by atoms with van der Waals surface area (Å²) in [6.45, 7) is 3.15. The summed E-state index contributed by atoms with van der Waals surface area (Å²) in [5, 5.41) is 2.52. The van der Waals surface area contributed by atoms with E-state index >= 15 is 0 Å². The average molecular weight is 231 g/mol. The number of carbonyl (C=O) groups is 2. The second kappa shape index (κ2) is 4.01. The number of nitrogens with zero attached hydrogens (tertiary/aromatic N) is 2. The molecule has 1 N–H and O–H groups in total. The van der Waals surface area contributed by atoms with E-state index in [1.165, 1.54) is 6.92 Å². The highest BCUT2D eigenvalue weighted by atomic mass is 16.2. The second-order valence-electron chi connectivity index (χ2n) is 3.93. The highest BCUT2D eigenvalue weighted by Crippen LogP contribution is 2.19. The van der Waals surface area contributed by atoms with Gasteiger partial charge in [-0.25, -0.2) is 4.98 Å². The van der Waals surface area contributed by atoms with Crippen molar-refractivity contribution in [2.45, 2.75) is 13.8 Å². The summed E-state index contributed by atoms with van der Waals surface area (Å²) in [4.78, 5) is 26.4. The number of amides is 1. The van der Waals surface area contributed by atoms with Gasteiger partial charge in [0.1, 0.15) is 5.82 Å². The first-order valence-corrected chi connectivity index (χ1v) is 5.24. The number of carbonyl (C=O) groups excluding carboxylic acids is 2. The van der Waals surface area contributed by atoms with E-state index in [1.807, 2.05) is 24.6 Å². The smallest absolute Gasteiger partial charge is 0.291 e. The molecule has 0 atom stereocenters. The molecule has 0 saturated heterocycles. The molecule has 88 valence electrons. The van der Waals surface area contributed by atoms with Crippen LogP contribution in [-0.2, 0) is 16.6 Å². The standard InChI is InChI=1S/C12H13N3O2/c1-7(16)12(17)14-9-4-5-11-10(6-9)13-8(2)15(11)3/h4-6H,1-3H3,(H,14,17). The minimum absolute atomic E-state index is 0.512. The van der Waals surface area contributed by atoms with Gasteiger partial charge in [0.25, 0.3) is 5.91 Å². The first kappa shape index (κ1) is 11.3. The van der Waals surface area contributed by atoms with E-state index in [0.717, 1.165) is 16.9 Å². The minimum atomic E-state index is -0.614. The Morgan fingerprint density at radius 1 is 1.35 bits per heavy atom. The van der Waals surface area contributed by atoms with E-state index in [2.05, 4.69) is 10.3 Å². The molecule has 0 aliphatic heterocycles. The van der Waals surface area contributed by atoms with Crippen molar-refractivity contribution in [2.24, 2.45) is 7.05 Å². The van der Waals surface area contributed by atoms with Gasteiger partial charge in [-0.2, -0.15) is 0 Å². The van der Waals surface area contributed by atoms with Gasteiger partial charge >= 0.3 is 0 Å². The lowest BCUT2D eigenvalue weighted by molar-refractivity contribution is -0.133. The molecule has 0 aliphatic carbocycles. The molecule has 1 heterocycles. The first-order chi connectivity index (χ1) is 7.99. The maximum Gasteiger partial charge on any atom is 0.291 e. The molecule has 2 rings (SSSR count). The fourth-order valence-corrected chi connectivity index (χ4v) is 1.62. The lowest BCUT2D eigenvalue weighted by Gasteiger charge is -2.02. The number of benzene rings is 1. The molecule has 5 heteroatoms. The van der Waals surface area contributed by atoms with E-state index in [9.17, 15) is 9.59 Å². The number of nitrogens with one attached hydrogen (secondary N) is 1. The molecule has 0 spiro atoms. The normalized spacial score (nSPS) is 10.5. The lowest BCUT2D eigenvalue weighted by Crippen LogP contribution is -2.19. The van der Waals surface area contributed by atoms with Crippen molar-refractivity contribution in [1.82, 2.24) is 9.55 Å². The number of rotatable bonds is 2. The van der Waals surface area contributed by atoms with Gasteiger partial charge < -0.3 is 9.88 Å². The largest absolute Gasteiger partial charge is 0.331 e. The highest BCUT2D eigenvalue weighted by molar-refractivity contribution is 6.39. The van der Waals surface area contributed by atoms with Gasteiger partial charge in [0, 0.05) is 19.7 Å². The highest BCUT2D eigenvalue weighted by Gasteiger charge is 2.09. The molecule has 2 aromatic rings. The number of anilines is 1. The van der Waals surface area contributed by atoms with Gasteiger partial charge in [0.05, 0.1) is 11.0 Å². The summed E-state index contributed by atoms with van der Waals surface area (Å²) in [6, 6.07) is 5.37. The quantitative estimate of drug-likeness (QED) is 0.795. The van der Waals surface area contributed by atoms with Crippen LogP contribution in [0.2, 0.25) is 0 Å². The molecule has 0 aliphatic rings. The van der Waals surface area contributed by atoms with Crippen molar-refractivity contribution in [3.05, 3.63) is 24.0 Å². The summed E-state index contributed by atoms with van der Waals surface area (Å²) in [6.07, 6.45) is 0. The van der Waals surface area contributed by atoms with E-state index in [-0.39, 0.29) is 0 Å². The van der Waals surface area contributed by atoms with Crippen molar-refractivity contribution in [3.63, 3.8) is 0 Å². The predicted molar refractivity (Wildman–Crippen MR) is 64.8 cm³/mol. The van der Waals surface area contributed by atoms with Crippen LogP contribution in [0, 0.1) is 6.92 Å². The number of aromatic nitrogens is 2. The van der Waals surface area contributed by atoms with Crippen LogP contribution in [0.4, 0.5) is 5.69 Å². The Bertz CT molecular complexity index is 613. The third kappa shape index (κ3) is 2.04. The van der Waals surface area contributed by atoms with Gasteiger partial charge in [-0.05, 0) is 25.1 Å². The Labute approximate surface area is 98.4 Å². The third-order valence-electron chi connectivity index (χ3n) is 2.68. The molecule has 1 aromatic heterocycles. The SMILES string of the molecule is CC(=O)C(=O)Nc1ccc2c(c1)nc(C)n2C. The zero-order chi connectivity index (χ0) is 12.6. The average Bonchev–Trinajstić information content (AvgIpc) is 2.54. The second-order valence-corrected chi connectivity index (χ2v) is 3.93. The molecule has 1 amide bonds. The topological polar surface area (TPSA) is 64.0 Å². The number of aryl methyl sites for hydroxylation is 2. The zero-order valence-electron chi connectivity index (χ0n) is 9.94.